The third kappa shape index (κ3) is 4.13. The summed E-state index contributed by atoms with van der Waals surface area (Å²) in [5, 5.41) is 5.02. The van der Waals surface area contributed by atoms with Gasteiger partial charge in [-0.1, -0.05) is 34.8 Å². The summed E-state index contributed by atoms with van der Waals surface area (Å²) in [6.07, 6.45) is 1.47. The summed E-state index contributed by atoms with van der Waals surface area (Å²) in [7, 11) is 1.53. The zero-order valence-corrected chi connectivity index (χ0v) is 13.7. The molecule has 0 saturated heterocycles. The smallest absolute Gasteiger partial charge is 0.271 e. The topological polar surface area (TPSA) is 50.7 Å². The minimum absolute atomic E-state index is 0.306. The number of ether oxygens (including phenoxy) is 1. The van der Waals surface area contributed by atoms with Gasteiger partial charge in [-0.2, -0.15) is 5.10 Å². The van der Waals surface area contributed by atoms with Gasteiger partial charge in [0.2, 0.25) is 0 Å². The van der Waals surface area contributed by atoms with Crippen LogP contribution in [0.5, 0.6) is 5.75 Å². The highest BCUT2D eigenvalue weighted by Gasteiger charge is 2.07. The van der Waals surface area contributed by atoms with E-state index in [1.165, 1.54) is 19.4 Å². The molecule has 4 nitrogen and oxygen atoms in total. The lowest BCUT2D eigenvalue weighted by atomic mass is 10.2. The molecule has 0 aliphatic carbocycles. The van der Waals surface area contributed by atoms with E-state index >= 15 is 0 Å². The van der Waals surface area contributed by atoms with Gasteiger partial charge >= 0.3 is 0 Å². The minimum atomic E-state index is -0.394. The second-order valence-corrected chi connectivity index (χ2v) is 5.44. The number of benzene rings is 2. The van der Waals surface area contributed by atoms with Crippen molar-refractivity contribution in [3.8, 4) is 5.75 Å². The maximum absolute atomic E-state index is 11.9. The Morgan fingerprint density at radius 3 is 2.50 bits per heavy atom. The number of nitrogens with one attached hydrogen (secondary N) is 1. The summed E-state index contributed by atoms with van der Waals surface area (Å²) in [4.78, 5) is 11.9. The Morgan fingerprint density at radius 1 is 1.09 bits per heavy atom. The van der Waals surface area contributed by atoms with Gasteiger partial charge in [0, 0.05) is 5.56 Å². The summed E-state index contributed by atoms with van der Waals surface area (Å²) in [6, 6.07) is 9.73. The molecule has 1 amide bonds. The molecule has 0 spiro atoms. The molecule has 0 saturated carbocycles. The Hall–Kier alpha value is -1.75. The highest BCUT2D eigenvalue weighted by molar-refractivity contribution is 6.42. The van der Waals surface area contributed by atoms with Crippen LogP contribution >= 0.6 is 34.8 Å². The van der Waals surface area contributed by atoms with E-state index in [2.05, 4.69) is 10.5 Å². The first-order chi connectivity index (χ1) is 10.5. The van der Waals surface area contributed by atoms with Gasteiger partial charge in [0.15, 0.2) is 0 Å². The number of hydrogen-bond donors (Lipinski definition) is 1. The van der Waals surface area contributed by atoms with Gasteiger partial charge in [-0.05, 0) is 42.0 Å². The van der Waals surface area contributed by atoms with Gasteiger partial charge in [0.1, 0.15) is 5.75 Å². The summed E-state index contributed by atoms with van der Waals surface area (Å²) in [5.41, 5.74) is 3.48. The molecule has 1 N–H and O–H groups in total. The molecular formula is C15H11Cl3N2O2. The van der Waals surface area contributed by atoms with Crippen LogP contribution in [0.2, 0.25) is 15.1 Å². The van der Waals surface area contributed by atoms with E-state index in [4.69, 9.17) is 39.5 Å². The molecule has 0 atom stereocenters. The zero-order chi connectivity index (χ0) is 16.1. The molecule has 0 heterocycles. The molecule has 114 valence electrons. The normalized spacial score (nSPS) is 10.7. The van der Waals surface area contributed by atoms with Crippen LogP contribution in [0, 0.1) is 0 Å². The van der Waals surface area contributed by atoms with E-state index in [0.717, 1.165) is 5.56 Å². The standard InChI is InChI=1S/C15H11Cl3N2O2/c1-22-14-5-2-9(6-13(14)18)8-19-20-15(21)10-3-4-11(16)12(17)7-10/h2-8H,1H3,(H,20,21)/b19-8-. The monoisotopic (exact) mass is 356 g/mol. The van der Waals surface area contributed by atoms with Crippen molar-refractivity contribution in [3.05, 3.63) is 62.6 Å². The molecular weight excluding hydrogens is 347 g/mol. The molecule has 2 aromatic carbocycles. The van der Waals surface area contributed by atoms with Crippen molar-refractivity contribution in [2.75, 3.05) is 7.11 Å². The van der Waals surface area contributed by atoms with E-state index in [1.54, 1.807) is 30.3 Å². The number of halogens is 3. The number of carbonyl (C=O) groups excluding carboxylic acids is 1. The third-order valence-corrected chi connectivity index (χ3v) is 3.77. The Labute approximate surface area is 142 Å². The number of methoxy groups -OCH3 is 1. The predicted molar refractivity (Wildman–Crippen MR) is 89.5 cm³/mol. The van der Waals surface area contributed by atoms with Crippen molar-refractivity contribution in [1.29, 1.82) is 0 Å². The number of amides is 1. The molecule has 0 aromatic heterocycles. The third-order valence-electron chi connectivity index (χ3n) is 2.74. The van der Waals surface area contributed by atoms with Crippen LogP contribution < -0.4 is 10.2 Å². The summed E-state index contributed by atoms with van der Waals surface area (Å²) >= 11 is 17.6. The minimum Gasteiger partial charge on any atom is -0.495 e. The number of carbonyl (C=O) groups is 1. The Balaban J connectivity index is 2.04. The van der Waals surface area contributed by atoms with Gasteiger partial charge in [-0.15, -0.1) is 0 Å². The van der Waals surface area contributed by atoms with Crippen LogP contribution in [-0.2, 0) is 0 Å². The quantitative estimate of drug-likeness (QED) is 0.650. The van der Waals surface area contributed by atoms with Crippen molar-refractivity contribution in [3.63, 3.8) is 0 Å². The Bertz CT molecular complexity index is 733. The maximum atomic E-state index is 11.9. The lowest BCUT2D eigenvalue weighted by Gasteiger charge is -2.03. The average Bonchev–Trinajstić information content (AvgIpc) is 2.50. The van der Waals surface area contributed by atoms with Gasteiger partial charge in [-0.25, -0.2) is 5.43 Å². The Kier molecular flexibility index (Phi) is 5.66. The molecule has 2 rings (SSSR count). The zero-order valence-electron chi connectivity index (χ0n) is 11.4. The van der Waals surface area contributed by atoms with Gasteiger partial charge < -0.3 is 4.74 Å². The molecule has 22 heavy (non-hydrogen) atoms. The van der Waals surface area contributed by atoms with Crippen LogP contribution in [0.1, 0.15) is 15.9 Å². The van der Waals surface area contributed by atoms with Crippen molar-refractivity contribution in [2.24, 2.45) is 5.10 Å². The molecule has 0 aliphatic rings. The SMILES string of the molecule is COc1ccc(/C=N\NC(=O)c2ccc(Cl)c(Cl)c2)cc1Cl. The molecule has 7 heteroatoms. The van der Waals surface area contributed by atoms with Crippen LogP contribution in [0.3, 0.4) is 0 Å². The second kappa shape index (κ2) is 7.49. The van der Waals surface area contributed by atoms with E-state index in [-0.39, 0.29) is 0 Å². The van der Waals surface area contributed by atoms with E-state index in [0.29, 0.717) is 26.4 Å². The molecule has 0 radical (unpaired) electrons. The highest BCUT2D eigenvalue weighted by atomic mass is 35.5. The van der Waals surface area contributed by atoms with Crippen LogP contribution in [0.4, 0.5) is 0 Å². The number of hydrazone groups is 1. The highest BCUT2D eigenvalue weighted by Crippen LogP contribution is 2.24. The molecule has 0 fully saturated rings. The fraction of sp³-hybridized carbons (Fsp3) is 0.0667. The molecule has 2 aromatic rings. The first kappa shape index (κ1) is 16.6. The van der Waals surface area contributed by atoms with Gasteiger partial charge in [0.05, 0.1) is 28.4 Å². The van der Waals surface area contributed by atoms with E-state index < -0.39 is 5.91 Å². The summed E-state index contributed by atoms with van der Waals surface area (Å²) in [5.74, 6) is 0.174. The number of rotatable bonds is 4. The van der Waals surface area contributed by atoms with E-state index in [9.17, 15) is 4.79 Å². The van der Waals surface area contributed by atoms with Crippen molar-refractivity contribution in [2.45, 2.75) is 0 Å². The number of nitrogens with zero attached hydrogens (tertiary/aromatic N) is 1. The van der Waals surface area contributed by atoms with Crippen molar-refractivity contribution < 1.29 is 9.53 Å². The van der Waals surface area contributed by atoms with Crippen molar-refractivity contribution >= 4 is 46.9 Å². The lowest BCUT2D eigenvalue weighted by molar-refractivity contribution is 0.0955. The van der Waals surface area contributed by atoms with Gasteiger partial charge in [0.25, 0.3) is 5.91 Å². The summed E-state index contributed by atoms with van der Waals surface area (Å²) in [6.45, 7) is 0. The fourth-order valence-electron chi connectivity index (χ4n) is 1.63. The number of hydrogen-bond acceptors (Lipinski definition) is 3. The van der Waals surface area contributed by atoms with Crippen LogP contribution in [-0.4, -0.2) is 19.2 Å². The molecule has 0 aliphatic heterocycles. The van der Waals surface area contributed by atoms with Crippen LogP contribution in [0.15, 0.2) is 41.5 Å². The van der Waals surface area contributed by atoms with E-state index in [1.807, 2.05) is 0 Å². The fourth-order valence-corrected chi connectivity index (χ4v) is 2.19. The van der Waals surface area contributed by atoms with Crippen LogP contribution in [0.25, 0.3) is 0 Å². The van der Waals surface area contributed by atoms with Gasteiger partial charge in [-0.3, -0.25) is 4.79 Å². The molecule has 0 bridgehead atoms. The average molecular weight is 358 g/mol. The predicted octanol–water partition coefficient (Wildman–Crippen LogP) is 4.42. The first-order valence-corrected chi connectivity index (χ1v) is 7.26. The summed E-state index contributed by atoms with van der Waals surface area (Å²) < 4.78 is 5.05. The first-order valence-electron chi connectivity index (χ1n) is 6.13. The van der Waals surface area contributed by atoms with Crippen molar-refractivity contribution in [1.82, 2.24) is 5.43 Å². The largest absolute Gasteiger partial charge is 0.495 e. The Morgan fingerprint density at radius 2 is 1.86 bits per heavy atom. The lowest BCUT2D eigenvalue weighted by Crippen LogP contribution is -2.17. The molecule has 0 unspecified atom stereocenters. The second-order valence-electron chi connectivity index (χ2n) is 4.22. The maximum Gasteiger partial charge on any atom is 0.271 e.